The van der Waals surface area contributed by atoms with Crippen molar-refractivity contribution >= 4 is 16.3 Å². The van der Waals surface area contributed by atoms with Gasteiger partial charge in [-0.1, -0.05) is 12.1 Å². The van der Waals surface area contributed by atoms with E-state index in [1.54, 1.807) is 11.8 Å². The Morgan fingerprint density at radius 2 is 1.90 bits per heavy atom. The van der Waals surface area contributed by atoms with Gasteiger partial charge in [-0.25, -0.2) is 9.52 Å². The molecule has 2 aliphatic rings. The Hall–Kier alpha value is -1.88. The van der Waals surface area contributed by atoms with E-state index in [9.17, 15) is 13.2 Å². The van der Waals surface area contributed by atoms with Crippen LogP contribution in [0.15, 0.2) is 24.3 Å². The number of piperazine rings is 1. The molecule has 1 heterocycles. The summed E-state index contributed by atoms with van der Waals surface area (Å²) in [6, 6.07) is 8.22. The van der Waals surface area contributed by atoms with E-state index in [1.165, 1.54) is 0 Å². The van der Waals surface area contributed by atoms with Crippen molar-refractivity contribution < 1.29 is 23.1 Å². The third-order valence-electron chi connectivity index (χ3n) is 6.47. The van der Waals surface area contributed by atoms with E-state index in [0.717, 1.165) is 63.2 Å². The molecule has 0 radical (unpaired) electrons. The lowest BCUT2D eigenvalue weighted by Crippen LogP contribution is -2.53. The first-order valence-electron chi connectivity index (χ1n) is 10.3. The van der Waals surface area contributed by atoms with Crippen molar-refractivity contribution in [2.45, 2.75) is 37.1 Å². The first-order chi connectivity index (χ1) is 14.2. The van der Waals surface area contributed by atoms with Crippen LogP contribution < -0.4 is 14.2 Å². The lowest BCUT2D eigenvalue weighted by molar-refractivity contribution is 0.0751. The zero-order valence-corrected chi connectivity index (χ0v) is 18.5. The van der Waals surface area contributed by atoms with Crippen LogP contribution in [0.25, 0.3) is 0 Å². The summed E-state index contributed by atoms with van der Waals surface area (Å²) in [6.45, 7) is 4.39. The molecule has 1 aliphatic heterocycles. The van der Waals surface area contributed by atoms with Crippen LogP contribution in [0.5, 0.6) is 5.75 Å². The van der Waals surface area contributed by atoms with E-state index < -0.39 is 21.7 Å². The van der Waals surface area contributed by atoms with Gasteiger partial charge in [-0.2, -0.15) is 13.1 Å². The summed E-state index contributed by atoms with van der Waals surface area (Å²) in [5.41, 5.74) is 0.599. The number of carbonyl (C=O) groups is 1. The maximum Gasteiger partial charge on any atom is 0.419 e. The van der Waals surface area contributed by atoms with Crippen molar-refractivity contribution in [2.24, 2.45) is 0 Å². The number of likely N-dealkylation sites (N-methyl/N-ethyl adjacent to an activating group) is 1. The van der Waals surface area contributed by atoms with Gasteiger partial charge in [-0.05, 0) is 50.4 Å². The third-order valence-corrected chi connectivity index (χ3v) is 7.44. The highest BCUT2D eigenvalue weighted by molar-refractivity contribution is 7.88. The molecule has 1 saturated carbocycles. The zero-order valence-electron chi connectivity index (χ0n) is 17.6. The fourth-order valence-electron chi connectivity index (χ4n) is 4.61. The summed E-state index contributed by atoms with van der Waals surface area (Å²) < 4.78 is 33.5. The molecule has 10 heteroatoms. The van der Waals surface area contributed by atoms with E-state index in [-0.39, 0.29) is 6.54 Å². The number of ether oxygens (including phenoxy) is 1. The molecule has 9 nitrogen and oxygen atoms in total. The molecule has 1 aromatic rings. The lowest BCUT2D eigenvalue weighted by Gasteiger charge is -2.46. The van der Waals surface area contributed by atoms with E-state index in [4.69, 9.17) is 9.84 Å². The molecular weight excluding hydrogens is 408 g/mol. The molecule has 0 bridgehead atoms. The summed E-state index contributed by atoms with van der Waals surface area (Å²) in [4.78, 5) is 15.7. The number of hydrogen-bond donors (Lipinski definition) is 3. The van der Waals surface area contributed by atoms with Crippen molar-refractivity contribution in [3.63, 3.8) is 0 Å². The molecule has 30 heavy (non-hydrogen) atoms. The SMILES string of the molecule is COc1cccc([C@]2(CNS(=O)(=O)NC(=O)O)CC[C@@H](N3CCN(C)CC3)CC2)c1. The number of hydrogen-bond acceptors (Lipinski definition) is 6. The molecule has 1 aromatic carbocycles. The van der Waals surface area contributed by atoms with Gasteiger partial charge in [-0.3, -0.25) is 4.90 Å². The quantitative estimate of drug-likeness (QED) is 0.585. The van der Waals surface area contributed by atoms with Crippen LogP contribution >= 0.6 is 0 Å². The van der Waals surface area contributed by atoms with Gasteiger partial charge >= 0.3 is 16.3 Å². The van der Waals surface area contributed by atoms with Gasteiger partial charge in [0, 0.05) is 44.2 Å². The Labute approximate surface area is 178 Å². The van der Waals surface area contributed by atoms with Crippen LogP contribution in [0.4, 0.5) is 4.79 Å². The van der Waals surface area contributed by atoms with Crippen LogP contribution in [0.3, 0.4) is 0 Å². The van der Waals surface area contributed by atoms with Crippen LogP contribution in [0, 0.1) is 0 Å². The van der Waals surface area contributed by atoms with Gasteiger partial charge < -0.3 is 14.7 Å². The van der Waals surface area contributed by atoms with Crippen molar-refractivity contribution in [2.75, 3.05) is 46.9 Å². The molecule has 0 unspecified atom stereocenters. The van der Waals surface area contributed by atoms with E-state index in [2.05, 4.69) is 21.6 Å². The van der Waals surface area contributed by atoms with Crippen molar-refractivity contribution in [1.29, 1.82) is 0 Å². The van der Waals surface area contributed by atoms with Crippen molar-refractivity contribution in [3.8, 4) is 5.75 Å². The average molecular weight is 441 g/mol. The molecule has 1 amide bonds. The maximum absolute atomic E-state index is 12.1. The molecule has 0 atom stereocenters. The summed E-state index contributed by atoms with van der Waals surface area (Å²) in [7, 11) is -0.380. The summed E-state index contributed by atoms with van der Waals surface area (Å²) in [5.74, 6) is 0.722. The maximum atomic E-state index is 12.1. The highest BCUT2D eigenvalue weighted by Gasteiger charge is 2.40. The number of amides is 1. The first-order valence-corrected chi connectivity index (χ1v) is 11.8. The molecular formula is C20H32N4O5S. The Bertz CT molecular complexity index is 831. The smallest absolute Gasteiger partial charge is 0.419 e. The summed E-state index contributed by atoms with van der Waals surface area (Å²) in [5, 5.41) is 8.78. The highest BCUT2D eigenvalue weighted by Crippen LogP contribution is 2.41. The average Bonchev–Trinajstić information content (AvgIpc) is 2.72. The Balaban J connectivity index is 1.76. The predicted octanol–water partition coefficient (Wildman–Crippen LogP) is 1.23. The highest BCUT2D eigenvalue weighted by atomic mass is 32.2. The molecule has 2 fully saturated rings. The molecule has 1 saturated heterocycles. The van der Waals surface area contributed by atoms with Gasteiger partial charge in [-0.15, -0.1) is 0 Å². The number of benzene rings is 1. The molecule has 0 spiro atoms. The molecule has 0 aromatic heterocycles. The number of nitrogens with one attached hydrogen (secondary N) is 2. The number of nitrogens with zero attached hydrogens (tertiary/aromatic N) is 2. The summed E-state index contributed by atoms with van der Waals surface area (Å²) in [6.07, 6.45) is 1.96. The van der Waals surface area contributed by atoms with Gasteiger partial charge in [0.1, 0.15) is 5.75 Å². The molecule has 3 N–H and O–H groups in total. The van der Waals surface area contributed by atoms with Crippen LogP contribution in [0.1, 0.15) is 31.2 Å². The Morgan fingerprint density at radius 1 is 1.23 bits per heavy atom. The van der Waals surface area contributed by atoms with Gasteiger partial charge in [0.05, 0.1) is 7.11 Å². The van der Waals surface area contributed by atoms with Crippen molar-refractivity contribution in [1.82, 2.24) is 19.2 Å². The number of rotatable bonds is 7. The Morgan fingerprint density at radius 3 is 2.50 bits per heavy atom. The standard InChI is InChI=1S/C20H32N4O5S/c1-23-10-12-24(13-11-23)17-6-8-20(9-7-17,15-21-30(27,28)22-19(25)26)16-4-3-5-18(14-16)29-2/h3-5,14,17,21-22H,6-13,15H2,1-2H3,(H,25,26)/t17-,20-. The fraction of sp³-hybridized carbons (Fsp3) is 0.650. The monoisotopic (exact) mass is 440 g/mol. The van der Waals surface area contributed by atoms with Gasteiger partial charge in [0.15, 0.2) is 0 Å². The first kappa shape index (κ1) is 22.8. The predicted molar refractivity (Wildman–Crippen MR) is 114 cm³/mol. The van der Waals surface area contributed by atoms with Crippen LogP contribution in [0.2, 0.25) is 0 Å². The third kappa shape index (κ3) is 5.63. The van der Waals surface area contributed by atoms with E-state index >= 15 is 0 Å². The van der Waals surface area contributed by atoms with E-state index in [1.807, 2.05) is 24.3 Å². The van der Waals surface area contributed by atoms with E-state index in [0.29, 0.717) is 6.04 Å². The minimum Gasteiger partial charge on any atom is -0.497 e. The fourth-order valence-corrected chi connectivity index (χ4v) is 5.38. The van der Waals surface area contributed by atoms with Gasteiger partial charge in [0.25, 0.3) is 0 Å². The number of carboxylic acid groups (broad SMARTS) is 1. The second-order valence-electron chi connectivity index (χ2n) is 8.31. The zero-order chi connectivity index (χ0) is 21.8. The number of methoxy groups -OCH3 is 1. The second-order valence-corrected chi connectivity index (χ2v) is 9.81. The molecule has 1 aliphatic carbocycles. The minimum absolute atomic E-state index is 0.137. The Kier molecular flexibility index (Phi) is 7.22. The topological polar surface area (TPSA) is 111 Å². The van der Waals surface area contributed by atoms with Crippen LogP contribution in [-0.2, 0) is 15.6 Å². The summed E-state index contributed by atoms with van der Waals surface area (Å²) >= 11 is 0. The minimum atomic E-state index is -4.13. The van der Waals surface area contributed by atoms with Crippen molar-refractivity contribution in [3.05, 3.63) is 29.8 Å². The second kappa shape index (κ2) is 9.51. The molecule has 3 rings (SSSR count). The largest absolute Gasteiger partial charge is 0.497 e. The normalized spacial score (nSPS) is 26.3. The van der Waals surface area contributed by atoms with Crippen LogP contribution in [-0.4, -0.2) is 82.3 Å². The van der Waals surface area contributed by atoms with Gasteiger partial charge in [0.2, 0.25) is 0 Å². The lowest BCUT2D eigenvalue weighted by atomic mass is 9.68. The molecule has 168 valence electrons.